The van der Waals surface area contributed by atoms with Gasteiger partial charge in [-0.05, 0) is 149 Å². The van der Waals surface area contributed by atoms with Gasteiger partial charge in [0.15, 0.2) is 12.1 Å². The Morgan fingerprint density at radius 1 is 0.722 bits per heavy atom. The number of ether oxygens (including phenoxy) is 6. The summed E-state index contributed by atoms with van der Waals surface area (Å²) in [4.78, 5) is 167. The highest BCUT2D eigenvalue weighted by molar-refractivity contribution is 7.09. The van der Waals surface area contributed by atoms with Crippen molar-refractivity contribution in [1.29, 1.82) is 0 Å². The number of aliphatic carboxylic acids is 1. The minimum atomic E-state index is -1.30. The third kappa shape index (κ3) is 34.5. The van der Waals surface area contributed by atoms with Crippen LogP contribution < -0.4 is 53.6 Å². The maximum atomic E-state index is 15.0. The number of hydrogen-bond donors (Lipinski definition) is 10. The van der Waals surface area contributed by atoms with Crippen LogP contribution in [0.3, 0.4) is 0 Å². The zero-order chi connectivity index (χ0) is 91.7. The van der Waals surface area contributed by atoms with Gasteiger partial charge in [-0.3, -0.25) is 68.0 Å². The zero-order valence-corrected chi connectivity index (χ0v) is 74.9. The van der Waals surface area contributed by atoms with E-state index in [1.165, 1.54) is 17.4 Å². The standard InChI is InChI=1S/C92H126N14O19S/c1-12-14-21-45-124-106(88(115)82(62(7)13-2)103-85(113)75-28-19-20-44-104(75)11)76(60(3)4)55-77(125-63(8)107)87-101-73(59-126-87)84(112)98-71(56-92(9,10)89(116)117)54-64-29-35-70(36-30-64)99-91(118)123-58-65-31-37-69(38-32-65)97-83(111)72(26-22-42-96-90(93)94)100-86(114)81(61(5)6)102-79(109)41-46-119-48-50-121-52-53-122-51-49-120-47-43-95-78(108)39-40-80(110)105-57-68-25-16-15-23-66(68)33-34-67-24-17-18-27-74(67)105/h1,15-18,23-25,27,29-32,35-38,59-62,71-72,75-77,81-82H,13-14,19-22,26,28,39-58H2,2-11H3,(H,95,108)(H,97,111)(H,98,112)(H,99,118)(H,100,114)(H,102,109)(H,103,113)(H,116,117)(H4,93,94,96)/t62-,71-,72-,75+,76+,77+,81-,82-/m0/s1. The van der Waals surface area contributed by atoms with Gasteiger partial charge in [0.2, 0.25) is 35.4 Å². The summed E-state index contributed by atoms with van der Waals surface area (Å²) in [6.45, 7) is 18.8. The fourth-order valence-electron chi connectivity index (χ4n) is 14.0. The SMILES string of the molecule is C#CCCCON(C(=O)[C@@H](NC(=O)[C@H]1CCCCN1C)[C@@H](C)CC)[C@H](C[C@@H](OC(C)=O)c1nc(C(=O)N[C@@H](Cc2ccc(NC(=O)OCc3ccc(NC(=O)[C@H](CCCN=C(N)N)NC(=O)[C@@H](NC(=O)CCOCCOCCOCCOCCNC(=O)CCC(=O)N4Cc5ccccc5C#Cc5ccccc54)C(C)C)cc3)cc2)CC(C)(C)C(=O)O)cs1)C(C)C. The normalized spacial score (nSPS) is 14.8. The number of terminal acetylenes is 1. The molecule has 1 aromatic heterocycles. The number of carbonyl (C=O) groups excluding carboxylic acids is 10. The number of rotatable bonds is 53. The van der Waals surface area contributed by atoms with Gasteiger partial charge in [0.05, 0.1) is 89.2 Å². The lowest BCUT2D eigenvalue weighted by atomic mass is 9.84. The van der Waals surface area contributed by atoms with Crippen LogP contribution in [-0.4, -0.2) is 214 Å². The molecule has 0 radical (unpaired) electrons. The number of piperidine rings is 1. The van der Waals surface area contributed by atoms with Crippen LogP contribution in [-0.2, 0) is 96.0 Å². The minimum absolute atomic E-state index is 0.00475. The third-order valence-electron chi connectivity index (χ3n) is 21.3. The molecule has 34 heteroatoms. The van der Waals surface area contributed by atoms with E-state index in [1.54, 1.807) is 81.1 Å². The molecule has 2 aliphatic heterocycles. The molecule has 0 spiro atoms. The molecule has 0 bridgehead atoms. The first kappa shape index (κ1) is 102. The zero-order valence-electron chi connectivity index (χ0n) is 74.1. The molecule has 1 saturated heterocycles. The molecule has 684 valence electrons. The van der Waals surface area contributed by atoms with Crippen LogP contribution in [0.5, 0.6) is 0 Å². The number of carbonyl (C=O) groups is 11. The minimum Gasteiger partial charge on any atom is -0.481 e. The first-order valence-corrected chi connectivity index (χ1v) is 43.9. The van der Waals surface area contributed by atoms with E-state index in [9.17, 15) is 57.8 Å². The Kier molecular flexibility index (Phi) is 42.9. The number of nitrogens with one attached hydrogen (secondary N) is 7. The number of amides is 9. The van der Waals surface area contributed by atoms with Gasteiger partial charge in [0, 0.05) is 86.0 Å². The van der Waals surface area contributed by atoms with Crippen molar-refractivity contribution in [3.05, 3.63) is 141 Å². The number of esters is 1. The molecular weight excluding hydrogens is 1640 g/mol. The van der Waals surface area contributed by atoms with Crippen LogP contribution in [0.25, 0.3) is 0 Å². The largest absolute Gasteiger partial charge is 0.481 e. The Labute approximate surface area is 742 Å². The number of hydroxylamine groups is 2. The number of para-hydroxylation sites is 1. The molecule has 3 heterocycles. The number of nitrogens with zero attached hydrogens (tertiary/aromatic N) is 5. The van der Waals surface area contributed by atoms with E-state index in [0.717, 1.165) is 47.4 Å². The number of unbranched alkanes of at least 4 members (excludes halogenated alkanes) is 1. The number of likely N-dealkylation sites (N-methyl/N-ethyl adjacent to an activating group) is 1. The highest BCUT2D eigenvalue weighted by Gasteiger charge is 2.41. The second kappa shape index (κ2) is 53.2. The highest BCUT2D eigenvalue weighted by atomic mass is 32.1. The number of benzene rings is 4. The Morgan fingerprint density at radius 2 is 1.37 bits per heavy atom. The summed E-state index contributed by atoms with van der Waals surface area (Å²) in [5.74, 6) is 2.73. The number of fused-ring (bicyclic) bond motifs is 2. The molecule has 5 aromatic rings. The van der Waals surface area contributed by atoms with Crippen LogP contribution in [0.4, 0.5) is 21.9 Å². The average Bonchev–Trinajstić information content (AvgIpc) is 0.893. The molecule has 0 aliphatic carbocycles. The molecule has 0 unspecified atom stereocenters. The number of thiazole rings is 1. The molecular formula is C92H126N14O19S. The molecule has 126 heavy (non-hydrogen) atoms. The van der Waals surface area contributed by atoms with Gasteiger partial charge in [-0.25, -0.2) is 14.8 Å². The van der Waals surface area contributed by atoms with Crippen LogP contribution in [0, 0.1) is 47.4 Å². The molecule has 0 saturated carbocycles. The number of aromatic nitrogens is 1. The first-order chi connectivity index (χ1) is 60.3. The maximum Gasteiger partial charge on any atom is 0.411 e. The van der Waals surface area contributed by atoms with E-state index in [1.807, 2.05) is 88.2 Å². The summed E-state index contributed by atoms with van der Waals surface area (Å²) in [7, 11) is 1.90. The summed E-state index contributed by atoms with van der Waals surface area (Å²) in [5.41, 5.74) is 15.0. The van der Waals surface area contributed by atoms with E-state index in [-0.39, 0.29) is 156 Å². The molecule has 4 aromatic carbocycles. The summed E-state index contributed by atoms with van der Waals surface area (Å²) in [6, 6.07) is 23.4. The number of guanidine groups is 1. The van der Waals surface area contributed by atoms with Gasteiger partial charge in [-0.2, -0.15) is 0 Å². The van der Waals surface area contributed by atoms with Crippen molar-refractivity contribution in [1.82, 2.24) is 41.5 Å². The Morgan fingerprint density at radius 3 is 2.01 bits per heavy atom. The quantitative estimate of drug-likeness (QED) is 0.00433. The Balaban J connectivity index is 0.822. The van der Waals surface area contributed by atoms with Crippen molar-refractivity contribution >= 4 is 99.6 Å². The number of likely N-dealkylation sites (tertiary alicyclic amines) is 1. The van der Waals surface area contributed by atoms with Gasteiger partial charge in [0.1, 0.15) is 35.4 Å². The molecule has 7 rings (SSSR count). The molecule has 1 fully saturated rings. The number of aliphatic imine (C=N–C) groups is 1. The smallest absolute Gasteiger partial charge is 0.411 e. The molecule has 2 aliphatic rings. The molecule has 8 atom stereocenters. The molecule has 9 amide bonds. The molecule has 33 nitrogen and oxygen atoms in total. The predicted octanol–water partition coefficient (Wildman–Crippen LogP) is 8.86. The van der Waals surface area contributed by atoms with Crippen LogP contribution >= 0.6 is 11.3 Å². The lowest BCUT2D eigenvalue weighted by Gasteiger charge is -2.39. The van der Waals surface area contributed by atoms with Crippen molar-refractivity contribution in [3.63, 3.8) is 0 Å². The Hall–Kier alpha value is -11.4. The molecule has 12 N–H and O–H groups in total. The van der Waals surface area contributed by atoms with Gasteiger partial charge in [0.25, 0.3) is 11.8 Å². The monoisotopic (exact) mass is 1760 g/mol. The van der Waals surface area contributed by atoms with Crippen molar-refractivity contribution in [2.45, 2.75) is 208 Å². The number of anilines is 3. The lowest BCUT2D eigenvalue weighted by Crippen LogP contribution is -2.58. The fourth-order valence-corrected chi connectivity index (χ4v) is 14.8. The van der Waals surface area contributed by atoms with Crippen LogP contribution in [0.15, 0.2) is 107 Å². The number of hydrogen-bond acceptors (Lipinski definition) is 22. The Bertz CT molecular complexity index is 4540. The lowest BCUT2D eigenvalue weighted by molar-refractivity contribution is -0.213. The van der Waals surface area contributed by atoms with Gasteiger partial charge in [-0.1, -0.05) is 121 Å². The van der Waals surface area contributed by atoms with E-state index < -0.39 is 95.3 Å². The summed E-state index contributed by atoms with van der Waals surface area (Å²) < 4.78 is 33.8. The summed E-state index contributed by atoms with van der Waals surface area (Å²) >= 11 is 1.07. The van der Waals surface area contributed by atoms with Crippen molar-refractivity contribution in [2.24, 2.45) is 39.6 Å². The average molecular weight is 1760 g/mol. The predicted molar refractivity (Wildman–Crippen MR) is 477 cm³/mol. The number of carboxylic acids is 1. The number of nitrogens with two attached hydrogens (primary N) is 2. The first-order valence-electron chi connectivity index (χ1n) is 43.1. The van der Waals surface area contributed by atoms with Gasteiger partial charge >= 0.3 is 18.0 Å². The van der Waals surface area contributed by atoms with E-state index in [4.69, 9.17) is 51.1 Å². The van der Waals surface area contributed by atoms with Crippen molar-refractivity contribution in [3.8, 4) is 24.2 Å². The topological polar surface area (TPSA) is 444 Å². The summed E-state index contributed by atoms with van der Waals surface area (Å²) in [6.07, 6.45) is 8.17. The maximum absolute atomic E-state index is 15.0. The van der Waals surface area contributed by atoms with E-state index in [2.05, 4.69) is 65.0 Å². The van der Waals surface area contributed by atoms with Gasteiger partial charge in [-0.15, -0.1) is 23.7 Å². The van der Waals surface area contributed by atoms with Crippen molar-refractivity contribution in [2.75, 3.05) is 102 Å². The second-order valence-electron chi connectivity index (χ2n) is 32.5. The van der Waals surface area contributed by atoms with E-state index >= 15 is 0 Å². The van der Waals surface area contributed by atoms with Crippen LogP contribution in [0.1, 0.15) is 195 Å². The summed E-state index contributed by atoms with van der Waals surface area (Å²) in [5, 5.41) is 33.2. The van der Waals surface area contributed by atoms with Gasteiger partial charge < -0.3 is 81.8 Å². The fraction of sp³-hybridized carbons (Fsp3) is 0.533. The number of carboxylic acid groups (broad SMARTS) is 1. The third-order valence-corrected chi connectivity index (χ3v) is 22.3. The second-order valence-corrected chi connectivity index (χ2v) is 33.4. The highest BCUT2D eigenvalue weighted by Crippen LogP contribution is 2.34. The van der Waals surface area contributed by atoms with Crippen LogP contribution in [0.2, 0.25) is 0 Å². The van der Waals surface area contributed by atoms with Crippen molar-refractivity contribution < 1.29 is 91.1 Å². The van der Waals surface area contributed by atoms with E-state index in [0.29, 0.717) is 86.7 Å².